The van der Waals surface area contributed by atoms with Gasteiger partial charge in [-0.15, -0.1) is 0 Å². The van der Waals surface area contributed by atoms with Crippen LogP contribution in [0.2, 0.25) is 0 Å². The zero-order chi connectivity index (χ0) is 21.0. The summed E-state index contributed by atoms with van der Waals surface area (Å²) < 4.78 is 41.8. The molecule has 0 saturated carbocycles. The zero-order valence-electron chi connectivity index (χ0n) is 16.1. The zero-order valence-corrected chi connectivity index (χ0v) is 16.9. The Kier molecular flexibility index (Phi) is 5.98. The second kappa shape index (κ2) is 8.45. The molecule has 29 heavy (non-hydrogen) atoms. The first kappa shape index (κ1) is 20.5. The van der Waals surface area contributed by atoms with Crippen LogP contribution in [0.4, 0.5) is 15.8 Å². The van der Waals surface area contributed by atoms with Crippen molar-refractivity contribution in [1.29, 1.82) is 0 Å². The van der Waals surface area contributed by atoms with E-state index in [4.69, 9.17) is 0 Å². The quantitative estimate of drug-likeness (QED) is 0.649. The number of benzene rings is 3. The van der Waals surface area contributed by atoms with Gasteiger partial charge in [0.15, 0.2) is 0 Å². The Labute approximate surface area is 169 Å². The van der Waals surface area contributed by atoms with Crippen molar-refractivity contribution in [3.8, 4) is 0 Å². The lowest BCUT2D eigenvalue weighted by atomic mass is 10.1. The molecule has 1 amide bonds. The Morgan fingerprint density at radius 3 is 2.31 bits per heavy atom. The molecule has 7 heteroatoms. The summed E-state index contributed by atoms with van der Waals surface area (Å²) in [7, 11) is -3.97. The maximum absolute atomic E-state index is 13.8. The minimum Gasteiger partial charge on any atom is -0.326 e. The summed E-state index contributed by atoms with van der Waals surface area (Å²) in [6, 6.07) is 18.9. The molecule has 0 aliphatic heterocycles. The molecule has 0 spiro atoms. The molecule has 5 nitrogen and oxygen atoms in total. The van der Waals surface area contributed by atoms with Crippen molar-refractivity contribution in [2.45, 2.75) is 25.3 Å². The summed E-state index contributed by atoms with van der Waals surface area (Å²) >= 11 is 0. The van der Waals surface area contributed by atoms with Crippen molar-refractivity contribution in [2.24, 2.45) is 0 Å². The number of aryl methyl sites for hydroxylation is 1. The Bertz CT molecular complexity index is 1130. The molecule has 3 rings (SSSR count). The van der Waals surface area contributed by atoms with Crippen LogP contribution in [0, 0.1) is 12.7 Å². The maximum atomic E-state index is 13.8. The van der Waals surface area contributed by atoms with E-state index in [0.717, 1.165) is 11.1 Å². The summed E-state index contributed by atoms with van der Waals surface area (Å²) in [5, 5.41) is 2.60. The number of nitrogens with one attached hydrogen (secondary N) is 1. The van der Waals surface area contributed by atoms with Crippen molar-refractivity contribution >= 4 is 27.3 Å². The van der Waals surface area contributed by atoms with Gasteiger partial charge >= 0.3 is 0 Å². The highest BCUT2D eigenvalue weighted by atomic mass is 32.2. The smallest absolute Gasteiger partial charge is 0.264 e. The number of hydrogen-bond donors (Lipinski definition) is 1. The molecule has 0 heterocycles. The van der Waals surface area contributed by atoms with E-state index in [1.165, 1.54) is 53.7 Å². The average Bonchev–Trinajstić information content (AvgIpc) is 2.66. The Balaban J connectivity index is 2.03. The topological polar surface area (TPSA) is 66.5 Å². The first-order valence-electron chi connectivity index (χ1n) is 8.97. The Morgan fingerprint density at radius 1 is 1.00 bits per heavy atom. The molecule has 0 saturated heterocycles. The minimum absolute atomic E-state index is 0.0449. The van der Waals surface area contributed by atoms with Crippen molar-refractivity contribution < 1.29 is 17.6 Å². The maximum Gasteiger partial charge on any atom is 0.264 e. The van der Waals surface area contributed by atoms with Crippen LogP contribution < -0.4 is 9.62 Å². The van der Waals surface area contributed by atoms with Crippen LogP contribution in [-0.2, 0) is 21.4 Å². The Hall–Kier alpha value is -3.19. The molecule has 0 aliphatic rings. The van der Waals surface area contributed by atoms with Crippen molar-refractivity contribution in [3.05, 3.63) is 89.7 Å². The van der Waals surface area contributed by atoms with Crippen LogP contribution in [0.15, 0.2) is 77.7 Å². The number of anilines is 2. The predicted octanol–water partition coefficient (Wildman–Crippen LogP) is 4.49. The van der Waals surface area contributed by atoms with Gasteiger partial charge in [0.1, 0.15) is 5.82 Å². The fourth-order valence-electron chi connectivity index (χ4n) is 2.96. The third-order valence-corrected chi connectivity index (χ3v) is 6.06. The van der Waals surface area contributed by atoms with Crippen LogP contribution in [0.25, 0.3) is 0 Å². The van der Waals surface area contributed by atoms with Crippen LogP contribution in [0.3, 0.4) is 0 Å². The highest BCUT2D eigenvalue weighted by Crippen LogP contribution is 2.27. The molecule has 150 valence electrons. The molecule has 3 aromatic carbocycles. The average molecular weight is 412 g/mol. The van der Waals surface area contributed by atoms with Gasteiger partial charge in [-0.25, -0.2) is 12.8 Å². The van der Waals surface area contributed by atoms with Gasteiger partial charge < -0.3 is 5.32 Å². The van der Waals surface area contributed by atoms with Gasteiger partial charge in [-0.1, -0.05) is 35.9 Å². The molecule has 0 bridgehead atoms. The predicted molar refractivity (Wildman–Crippen MR) is 112 cm³/mol. The fourth-order valence-corrected chi connectivity index (χ4v) is 4.41. The minimum atomic E-state index is -3.97. The van der Waals surface area contributed by atoms with Gasteiger partial charge in [-0.05, 0) is 55.0 Å². The number of carbonyl (C=O) groups excluding carboxylic acids is 1. The van der Waals surface area contributed by atoms with Crippen molar-refractivity contribution in [3.63, 3.8) is 0 Å². The first-order chi connectivity index (χ1) is 13.8. The van der Waals surface area contributed by atoms with Gasteiger partial charge in [0, 0.05) is 12.6 Å². The first-order valence-corrected chi connectivity index (χ1v) is 10.4. The number of sulfonamides is 1. The number of halogens is 1. The van der Waals surface area contributed by atoms with Crippen LogP contribution in [0.5, 0.6) is 0 Å². The van der Waals surface area contributed by atoms with E-state index in [1.807, 2.05) is 31.2 Å². The molecule has 0 unspecified atom stereocenters. The highest BCUT2D eigenvalue weighted by molar-refractivity contribution is 7.92. The SMILES string of the molecule is CC(=O)Nc1ccc(S(=O)(=O)N(Cc2cccc(C)c2)c2cccc(F)c2)cc1. The summed E-state index contributed by atoms with van der Waals surface area (Å²) in [6.45, 7) is 3.35. The molecule has 3 aromatic rings. The van der Waals surface area contributed by atoms with Gasteiger partial charge in [0.2, 0.25) is 5.91 Å². The van der Waals surface area contributed by atoms with E-state index in [-0.39, 0.29) is 23.0 Å². The molecule has 0 fully saturated rings. The fraction of sp³-hybridized carbons (Fsp3) is 0.136. The number of carbonyl (C=O) groups is 1. The molecular formula is C22H21FN2O3S. The van der Waals surface area contributed by atoms with E-state index in [2.05, 4.69) is 5.32 Å². The lowest BCUT2D eigenvalue weighted by Crippen LogP contribution is -2.30. The lowest BCUT2D eigenvalue weighted by Gasteiger charge is -2.25. The number of rotatable bonds is 6. The summed E-state index contributed by atoms with van der Waals surface area (Å²) in [5.41, 5.74) is 2.51. The number of hydrogen-bond acceptors (Lipinski definition) is 3. The molecule has 1 N–H and O–H groups in total. The molecule has 0 aromatic heterocycles. The van der Waals surface area contributed by atoms with Crippen LogP contribution in [0.1, 0.15) is 18.1 Å². The monoisotopic (exact) mass is 412 g/mol. The van der Waals surface area contributed by atoms with E-state index < -0.39 is 15.8 Å². The summed E-state index contributed by atoms with van der Waals surface area (Å²) in [5.74, 6) is -0.769. The van der Waals surface area contributed by atoms with Gasteiger partial charge in [0.05, 0.1) is 17.1 Å². The second-order valence-corrected chi connectivity index (χ2v) is 8.55. The normalized spacial score (nSPS) is 11.1. The molecule has 0 radical (unpaired) electrons. The van der Waals surface area contributed by atoms with Gasteiger partial charge in [0.25, 0.3) is 10.0 Å². The molecular weight excluding hydrogens is 391 g/mol. The summed E-state index contributed by atoms with van der Waals surface area (Å²) in [6.07, 6.45) is 0. The van der Waals surface area contributed by atoms with Crippen LogP contribution in [-0.4, -0.2) is 14.3 Å². The Morgan fingerprint density at radius 2 is 1.69 bits per heavy atom. The van der Waals surface area contributed by atoms with Crippen LogP contribution >= 0.6 is 0 Å². The largest absolute Gasteiger partial charge is 0.326 e. The lowest BCUT2D eigenvalue weighted by molar-refractivity contribution is -0.114. The molecule has 0 aliphatic carbocycles. The van der Waals surface area contributed by atoms with Crippen molar-refractivity contribution in [1.82, 2.24) is 0 Å². The standard InChI is InChI=1S/C22H21FN2O3S/c1-16-5-3-6-18(13-16)15-25(21-8-4-7-19(23)14-21)29(27,28)22-11-9-20(10-12-22)24-17(2)26/h3-14H,15H2,1-2H3,(H,24,26). The second-order valence-electron chi connectivity index (χ2n) is 6.69. The van der Waals surface area contributed by atoms with Crippen molar-refractivity contribution in [2.75, 3.05) is 9.62 Å². The highest BCUT2D eigenvalue weighted by Gasteiger charge is 2.25. The van der Waals surface area contributed by atoms with E-state index in [0.29, 0.717) is 5.69 Å². The van der Waals surface area contributed by atoms with E-state index in [9.17, 15) is 17.6 Å². The third kappa shape index (κ3) is 5.00. The third-order valence-electron chi connectivity index (χ3n) is 4.27. The van der Waals surface area contributed by atoms with Gasteiger partial charge in [-0.2, -0.15) is 0 Å². The van der Waals surface area contributed by atoms with Gasteiger partial charge in [-0.3, -0.25) is 9.10 Å². The number of nitrogens with zero attached hydrogens (tertiary/aromatic N) is 1. The van der Waals surface area contributed by atoms with E-state index in [1.54, 1.807) is 6.07 Å². The summed E-state index contributed by atoms with van der Waals surface area (Å²) in [4.78, 5) is 11.2. The number of amides is 1. The molecule has 0 atom stereocenters. The van der Waals surface area contributed by atoms with E-state index >= 15 is 0 Å².